The third kappa shape index (κ3) is 15.4. The summed E-state index contributed by atoms with van der Waals surface area (Å²) in [5, 5.41) is 2.84. The summed E-state index contributed by atoms with van der Waals surface area (Å²) < 4.78 is 20.7. The Morgan fingerprint density at radius 2 is 1.55 bits per heavy atom. The molecule has 0 unspecified atom stereocenters. The Bertz CT molecular complexity index is 214. The van der Waals surface area contributed by atoms with Crippen LogP contribution < -0.4 is 5.32 Å². The van der Waals surface area contributed by atoms with Gasteiger partial charge in [-0.1, -0.05) is 0 Å². The molecule has 0 fully saturated rings. The SMILES string of the molecule is CCOCCOCCOCCCNC(=O)CCCOC. The molecule has 120 valence electrons. The van der Waals surface area contributed by atoms with Crippen molar-refractivity contribution >= 4 is 5.91 Å². The number of hydrogen-bond acceptors (Lipinski definition) is 5. The van der Waals surface area contributed by atoms with Crippen molar-refractivity contribution in [3.8, 4) is 0 Å². The molecule has 6 heteroatoms. The van der Waals surface area contributed by atoms with Crippen molar-refractivity contribution in [2.24, 2.45) is 0 Å². The highest BCUT2D eigenvalue weighted by atomic mass is 16.5. The molecule has 0 aliphatic heterocycles. The third-order valence-electron chi connectivity index (χ3n) is 2.49. The molecule has 0 aromatic heterocycles. The zero-order valence-electron chi connectivity index (χ0n) is 12.8. The van der Waals surface area contributed by atoms with Gasteiger partial charge >= 0.3 is 0 Å². The average Bonchev–Trinajstić information content (AvgIpc) is 2.45. The molecule has 0 radical (unpaired) electrons. The van der Waals surface area contributed by atoms with E-state index in [0.717, 1.165) is 19.4 Å². The molecule has 0 aliphatic carbocycles. The number of ether oxygens (including phenoxy) is 4. The minimum absolute atomic E-state index is 0.0707. The van der Waals surface area contributed by atoms with Gasteiger partial charge in [-0.05, 0) is 19.8 Å². The van der Waals surface area contributed by atoms with Crippen LogP contribution in [0.3, 0.4) is 0 Å². The highest BCUT2D eigenvalue weighted by molar-refractivity contribution is 5.75. The molecule has 0 saturated carbocycles. The lowest BCUT2D eigenvalue weighted by Crippen LogP contribution is -2.25. The number of carbonyl (C=O) groups excluding carboxylic acids is 1. The Labute approximate surface area is 122 Å². The summed E-state index contributed by atoms with van der Waals surface area (Å²) in [6.07, 6.45) is 2.09. The Kier molecular flexibility index (Phi) is 15.8. The van der Waals surface area contributed by atoms with Crippen LogP contribution in [0, 0.1) is 0 Å². The van der Waals surface area contributed by atoms with E-state index in [0.29, 0.717) is 52.6 Å². The second kappa shape index (κ2) is 16.4. The van der Waals surface area contributed by atoms with Crippen molar-refractivity contribution < 1.29 is 23.7 Å². The van der Waals surface area contributed by atoms with E-state index in [1.54, 1.807) is 7.11 Å². The first-order chi connectivity index (χ1) is 9.81. The van der Waals surface area contributed by atoms with E-state index in [4.69, 9.17) is 18.9 Å². The number of nitrogens with one attached hydrogen (secondary N) is 1. The minimum Gasteiger partial charge on any atom is -0.385 e. The molecule has 0 saturated heterocycles. The van der Waals surface area contributed by atoms with Gasteiger partial charge in [0.1, 0.15) is 0 Å². The first-order valence-electron chi connectivity index (χ1n) is 7.30. The number of hydrogen-bond donors (Lipinski definition) is 1. The van der Waals surface area contributed by atoms with E-state index < -0.39 is 0 Å². The molecule has 0 rings (SSSR count). The lowest BCUT2D eigenvalue weighted by molar-refractivity contribution is -0.121. The number of methoxy groups -OCH3 is 1. The molecular weight excluding hydrogens is 262 g/mol. The van der Waals surface area contributed by atoms with Gasteiger partial charge in [0.25, 0.3) is 0 Å². The zero-order valence-corrected chi connectivity index (χ0v) is 12.8. The summed E-state index contributed by atoms with van der Waals surface area (Å²) in [5.41, 5.74) is 0. The second-order valence-corrected chi connectivity index (χ2v) is 4.22. The van der Waals surface area contributed by atoms with Gasteiger partial charge in [0.05, 0.1) is 26.4 Å². The fourth-order valence-electron chi connectivity index (χ4n) is 1.45. The predicted octanol–water partition coefficient (Wildman–Crippen LogP) is 0.989. The van der Waals surface area contributed by atoms with Crippen LogP contribution in [0.2, 0.25) is 0 Å². The van der Waals surface area contributed by atoms with Crippen molar-refractivity contribution in [1.29, 1.82) is 0 Å². The normalized spacial score (nSPS) is 10.7. The van der Waals surface area contributed by atoms with Gasteiger partial charge in [0.2, 0.25) is 5.91 Å². The Morgan fingerprint density at radius 1 is 0.900 bits per heavy atom. The van der Waals surface area contributed by atoms with Gasteiger partial charge in [-0.25, -0.2) is 0 Å². The van der Waals surface area contributed by atoms with Crippen LogP contribution in [0.5, 0.6) is 0 Å². The van der Waals surface area contributed by atoms with Crippen LogP contribution in [0.25, 0.3) is 0 Å². The Balaban J connectivity index is 3.07. The predicted molar refractivity (Wildman–Crippen MR) is 76.9 cm³/mol. The summed E-state index contributed by atoms with van der Waals surface area (Å²) in [6.45, 7) is 6.98. The largest absolute Gasteiger partial charge is 0.385 e. The summed E-state index contributed by atoms with van der Waals surface area (Å²) in [7, 11) is 1.63. The van der Waals surface area contributed by atoms with Gasteiger partial charge in [-0.2, -0.15) is 0 Å². The maximum atomic E-state index is 11.3. The van der Waals surface area contributed by atoms with E-state index in [9.17, 15) is 4.79 Å². The smallest absolute Gasteiger partial charge is 0.220 e. The Morgan fingerprint density at radius 3 is 2.20 bits per heavy atom. The van der Waals surface area contributed by atoms with Gasteiger partial charge in [-0.15, -0.1) is 0 Å². The van der Waals surface area contributed by atoms with Crippen LogP contribution in [-0.4, -0.2) is 65.8 Å². The van der Waals surface area contributed by atoms with Gasteiger partial charge < -0.3 is 24.3 Å². The first kappa shape index (κ1) is 19.3. The van der Waals surface area contributed by atoms with Gasteiger partial charge in [0, 0.05) is 39.9 Å². The first-order valence-corrected chi connectivity index (χ1v) is 7.30. The molecule has 1 amide bonds. The molecule has 0 spiro atoms. The molecule has 0 aromatic rings. The lowest BCUT2D eigenvalue weighted by Gasteiger charge is -2.07. The summed E-state index contributed by atoms with van der Waals surface area (Å²) >= 11 is 0. The molecule has 6 nitrogen and oxygen atoms in total. The summed E-state index contributed by atoms with van der Waals surface area (Å²) in [6, 6.07) is 0. The second-order valence-electron chi connectivity index (χ2n) is 4.22. The van der Waals surface area contributed by atoms with Crippen LogP contribution in [0.1, 0.15) is 26.2 Å². The van der Waals surface area contributed by atoms with Crippen LogP contribution in [0.15, 0.2) is 0 Å². The third-order valence-corrected chi connectivity index (χ3v) is 2.49. The number of carbonyl (C=O) groups is 1. The van der Waals surface area contributed by atoms with E-state index in [-0.39, 0.29) is 5.91 Å². The highest BCUT2D eigenvalue weighted by Crippen LogP contribution is 1.90. The Hall–Kier alpha value is -0.690. The van der Waals surface area contributed by atoms with Crippen LogP contribution in [-0.2, 0) is 23.7 Å². The monoisotopic (exact) mass is 291 g/mol. The van der Waals surface area contributed by atoms with E-state index >= 15 is 0 Å². The fraction of sp³-hybridized carbons (Fsp3) is 0.929. The van der Waals surface area contributed by atoms with E-state index in [1.807, 2.05) is 6.92 Å². The molecule has 0 aliphatic rings. The maximum Gasteiger partial charge on any atom is 0.220 e. The fourth-order valence-corrected chi connectivity index (χ4v) is 1.45. The van der Waals surface area contributed by atoms with Crippen molar-refractivity contribution in [1.82, 2.24) is 5.32 Å². The zero-order chi connectivity index (χ0) is 14.9. The topological polar surface area (TPSA) is 66.0 Å². The number of amides is 1. The quantitative estimate of drug-likeness (QED) is 0.456. The highest BCUT2D eigenvalue weighted by Gasteiger charge is 1.99. The molecule has 1 N–H and O–H groups in total. The minimum atomic E-state index is 0.0707. The summed E-state index contributed by atoms with van der Waals surface area (Å²) in [4.78, 5) is 11.3. The molecule has 20 heavy (non-hydrogen) atoms. The van der Waals surface area contributed by atoms with Crippen molar-refractivity contribution in [2.75, 3.05) is 59.9 Å². The standard InChI is InChI=1S/C14H29NO5/c1-3-18-10-11-20-13-12-19-9-5-7-15-14(16)6-4-8-17-2/h3-13H2,1-2H3,(H,15,16). The molecule has 0 atom stereocenters. The van der Waals surface area contributed by atoms with Crippen LogP contribution in [0.4, 0.5) is 0 Å². The maximum absolute atomic E-state index is 11.3. The van der Waals surface area contributed by atoms with Crippen molar-refractivity contribution in [3.63, 3.8) is 0 Å². The van der Waals surface area contributed by atoms with Crippen molar-refractivity contribution in [3.05, 3.63) is 0 Å². The molecular formula is C14H29NO5. The molecule has 0 bridgehead atoms. The lowest BCUT2D eigenvalue weighted by atomic mass is 10.3. The summed E-state index contributed by atoms with van der Waals surface area (Å²) in [5.74, 6) is 0.0707. The van der Waals surface area contributed by atoms with Gasteiger partial charge in [0.15, 0.2) is 0 Å². The van der Waals surface area contributed by atoms with Crippen molar-refractivity contribution in [2.45, 2.75) is 26.2 Å². The molecule has 0 heterocycles. The average molecular weight is 291 g/mol. The van der Waals surface area contributed by atoms with E-state index in [1.165, 1.54) is 0 Å². The molecule has 0 aromatic carbocycles. The number of rotatable bonds is 15. The van der Waals surface area contributed by atoms with Crippen LogP contribution >= 0.6 is 0 Å². The van der Waals surface area contributed by atoms with E-state index in [2.05, 4.69) is 5.32 Å². The van der Waals surface area contributed by atoms with Gasteiger partial charge in [-0.3, -0.25) is 4.79 Å².